The van der Waals surface area contributed by atoms with E-state index >= 15 is 0 Å². The van der Waals surface area contributed by atoms with E-state index in [2.05, 4.69) is 5.16 Å². The number of oxime groups is 1. The van der Waals surface area contributed by atoms with Gasteiger partial charge in [0.2, 0.25) is 6.29 Å². The van der Waals surface area contributed by atoms with E-state index in [1.54, 1.807) is 6.92 Å². The van der Waals surface area contributed by atoms with Gasteiger partial charge in [0.25, 0.3) is 0 Å². The smallest absolute Gasteiger partial charge is 0.356 e. The van der Waals surface area contributed by atoms with Crippen molar-refractivity contribution in [3.8, 4) is 0 Å². The molecule has 0 bridgehead atoms. The van der Waals surface area contributed by atoms with E-state index in [4.69, 9.17) is 14.3 Å². The number of rotatable bonds is 2. The van der Waals surface area contributed by atoms with Crippen LogP contribution in [0.1, 0.15) is 19.8 Å². The molecule has 0 amide bonds. The zero-order valence-corrected chi connectivity index (χ0v) is 8.06. The minimum Gasteiger partial charge on any atom is -0.461 e. The van der Waals surface area contributed by atoms with Gasteiger partial charge in [-0.1, -0.05) is 5.16 Å². The zero-order chi connectivity index (χ0) is 9.97. The SMILES string of the molecule is CCOC(=O)C1=NOC2OCCCC12. The molecular formula is C9H13NO4. The van der Waals surface area contributed by atoms with Gasteiger partial charge in [-0.15, -0.1) is 0 Å². The molecule has 0 saturated carbocycles. The largest absolute Gasteiger partial charge is 0.461 e. The van der Waals surface area contributed by atoms with Crippen LogP contribution in [0.2, 0.25) is 0 Å². The third-order valence-corrected chi connectivity index (χ3v) is 2.36. The van der Waals surface area contributed by atoms with E-state index in [0.29, 0.717) is 18.9 Å². The summed E-state index contributed by atoms with van der Waals surface area (Å²) in [5.74, 6) is -0.423. The molecule has 2 aliphatic heterocycles. The highest BCUT2D eigenvalue weighted by Crippen LogP contribution is 2.28. The number of fused-ring (bicyclic) bond motifs is 1. The van der Waals surface area contributed by atoms with Crippen LogP contribution in [0.5, 0.6) is 0 Å². The molecule has 0 aromatic rings. The summed E-state index contributed by atoms with van der Waals surface area (Å²) in [4.78, 5) is 16.4. The van der Waals surface area contributed by atoms with Crippen LogP contribution in [-0.4, -0.2) is 31.2 Å². The van der Waals surface area contributed by atoms with Gasteiger partial charge in [-0.3, -0.25) is 0 Å². The summed E-state index contributed by atoms with van der Waals surface area (Å²) in [6.07, 6.45) is 1.44. The summed E-state index contributed by atoms with van der Waals surface area (Å²) < 4.78 is 10.2. The highest BCUT2D eigenvalue weighted by atomic mass is 16.8. The first-order chi connectivity index (χ1) is 6.83. The molecule has 2 unspecified atom stereocenters. The molecule has 1 saturated heterocycles. The summed E-state index contributed by atoms with van der Waals surface area (Å²) in [6, 6.07) is 0. The van der Waals surface area contributed by atoms with Gasteiger partial charge in [-0.05, 0) is 19.8 Å². The van der Waals surface area contributed by atoms with E-state index < -0.39 is 0 Å². The van der Waals surface area contributed by atoms with Gasteiger partial charge < -0.3 is 14.3 Å². The van der Waals surface area contributed by atoms with Gasteiger partial charge in [0.15, 0.2) is 5.71 Å². The second kappa shape index (κ2) is 3.96. The van der Waals surface area contributed by atoms with E-state index in [1.165, 1.54) is 0 Å². The summed E-state index contributed by atoms with van der Waals surface area (Å²) in [7, 11) is 0. The molecule has 2 rings (SSSR count). The minimum atomic E-state index is -0.384. The highest BCUT2D eigenvalue weighted by Gasteiger charge is 2.41. The lowest BCUT2D eigenvalue weighted by Gasteiger charge is -2.23. The molecule has 5 heteroatoms. The number of esters is 1. The topological polar surface area (TPSA) is 57.1 Å². The molecule has 2 aliphatic rings. The van der Waals surface area contributed by atoms with Crippen LogP contribution < -0.4 is 0 Å². The van der Waals surface area contributed by atoms with Crippen molar-refractivity contribution in [3.63, 3.8) is 0 Å². The maximum atomic E-state index is 11.4. The molecule has 0 radical (unpaired) electrons. The number of nitrogens with zero attached hydrogens (tertiary/aromatic N) is 1. The molecule has 5 nitrogen and oxygen atoms in total. The lowest BCUT2D eigenvalue weighted by atomic mass is 9.96. The van der Waals surface area contributed by atoms with Crippen LogP contribution >= 0.6 is 0 Å². The van der Waals surface area contributed by atoms with Crippen molar-refractivity contribution in [2.45, 2.75) is 26.1 Å². The van der Waals surface area contributed by atoms with Crippen LogP contribution in [0.4, 0.5) is 0 Å². The van der Waals surface area contributed by atoms with Crippen LogP contribution in [0.15, 0.2) is 5.16 Å². The maximum absolute atomic E-state index is 11.4. The van der Waals surface area contributed by atoms with E-state index in [-0.39, 0.29) is 18.2 Å². The maximum Gasteiger partial charge on any atom is 0.356 e. The first-order valence-electron chi connectivity index (χ1n) is 4.85. The fourth-order valence-corrected chi connectivity index (χ4v) is 1.69. The van der Waals surface area contributed by atoms with Gasteiger partial charge >= 0.3 is 5.97 Å². The van der Waals surface area contributed by atoms with Crippen molar-refractivity contribution in [2.24, 2.45) is 11.1 Å². The molecule has 0 aliphatic carbocycles. The molecule has 0 aromatic carbocycles. The fourth-order valence-electron chi connectivity index (χ4n) is 1.69. The standard InChI is InChI=1S/C9H13NO4/c1-2-12-8(11)7-6-4-3-5-13-9(6)14-10-7/h6,9H,2-5H2,1H3. The van der Waals surface area contributed by atoms with Crippen molar-refractivity contribution < 1.29 is 19.1 Å². The van der Waals surface area contributed by atoms with Crippen LogP contribution in [0.25, 0.3) is 0 Å². The number of ether oxygens (including phenoxy) is 2. The Balaban J connectivity index is 2.02. The highest BCUT2D eigenvalue weighted by molar-refractivity contribution is 6.37. The van der Waals surface area contributed by atoms with E-state index in [0.717, 1.165) is 12.8 Å². The summed E-state index contributed by atoms with van der Waals surface area (Å²) in [5.41, 5.74) is 0.372. The third-order valence-electron chi connectivity index (χ3n) is 2.36. The molecule has 2 atom stereocenters. The first kappa shape index (κ1) is 9.45. The molecule has 0 spiro atoms. The number of hydrogen-bond acceptors (Lipinski definition) is 5. The normalized spacial score (nSPS) is 30.2. The Bertz CT molecular complexity index is 264. The second-order valence-electron chi connectivity index (χ2n) is 3.29. The summed E-state index contributed by atoms with van der Waals surface area (Å²) >= 11 is 0. The van der Waals surface area contributed by atoms with Crippen molar-refractivity contribution in [1.29, 1.82) is 0 Å². The van der Waals surface area contributed by atoms with Crippen LogP contribution in [0.3, 0.4) is 0 Å². The molecule has 0 aromatic heterocycles. The van der Waals surface area contributed by atoms with Crippen molar-refractivity contribution in [3.05, 3.63) is 0 Å². The lowest BCUT2D eigenvalue weighted by molar-refractivity contribution is -0.163. The van der Waals surface area contributed by atoms with Gasteiger partial charge in [0, 0.05) is 0 Å². The Morgan fingerprint density at radius 3 is 3.36 bits per heavy atom. The predicted molar refractivity (Wildman–Crippen MR) is 47.6 cm³/mol. The second-order valence-corrected chi connectivity index (χ2v) is 3.29. The van der Waals surface area contributed by atoms with E-state index in [1.807, 2.05) is 0 Å². The molecule has 78 valence electrons. The lowest BCUT2D eigenvalue weighted by Crippen LogP contribution is -2.34. The van der Waals surface area contributed by atoms with E-state index in [9.17, 15) is 4.79 Å². The van der Waals surface area contributed by atoms with Crippen molar-refractivity contribution in [1.82, 2.24) is 0 Å². The van der Waals surface area contributed by atoms with Crippen LogP contribution in [0, 0.1) is 5.92 Å². The summed E-state index contributed by atoms with van der Waals surface area (Å²) in [5, 5.41) is 3.72. The van der Waals surface area contributed by atoms with Crippen LogP contribution in [-0.2, 0) is 19.1 Å². The quantitative estimate of drug-likeness (QED) is 0.614. The average Bonchev–Trinajstić information content (AvgIpc) is 2.61. The zero-order valence-electron chi connectivity index (χ0n) is 8.06. The molecule has 1 fully saturated rings. The number of hydrogen-bond donors (Lipinski definition) is 0. The van der Waals surface area contributed by atoms with Gasteiger partial charge in [0.1, 0.15) is 0 Å². The first-order valence-corrected chi connectivity index (χ1v) is 4.85. The summed E-state index contributed by atoms with van der Waals surface area (Å²) in [6.45, 7) is 2.80. The molecule has 14 heavy (non-hydrogen) atoms. The van der Waals surface area contributed by atoms with Gasteiger partial charge in [-0.25, -0.2) is 4.79 Å². The Labute approximate surface area is 82.0 Å². The molecular weight excluding hydrogens is 186 g/mol. The number of carbonyl (C=O) groups is 1. The van der Waals surface area contributed by atoms with Gasteiger partial charge in [0.05, 0.1) is 19.1 Å². The van der Waals surface area contributed by atoms with Crippen molar-refractivity contribution in [2.75, 3.05) is 13.2 Å². The minimum absolute atomic E-state index is 0.0391. The Hall–Kier alpha value is -1.10. The Morgan fingerprint density at radius 2 is 2.57 bits per heavy atom. The third kappa shape index (κ3) is 1.59. The Kier molecular flexibility index (Phi) is 2.67. The monoisotopic (exact) mass is 199 g/mol. The number of carbonyl (C=O) groups excluding carboxylic acids is 1. The van der Waals surface area contributed by atoms with Gasteiger partial charge in [-0.2, -0.15) is 0 Å². The fraction of sp³-hybridized carbons (Fsp3) is 0.778. The Morgan fingerprint density at radius 1 is 1.71 bits per heavy atom. The predicted octanol–water partition coefficient (Wildman–Crippen LogP) is 0.688. The molecule has 2 heterocycles. The molecule has 0 N–H and O–H groups in total. The average molecular weight is 199 g/mol. The van der Waals surface area contributed by atoms with Crippen molar-refractivity contribution >= 4 is 11.7 Å².